The average molecular weight is 359 g/mol. The second-order valence-electron chi connectivity index (χ2n) is 6.33. The molecular weight excluding hydrogens is 334 g/mol. The van der Waals surface area contributed by atoms with Gasteiger partial charge in [-0.25, -0.2) is 0 Å². The number of hydrogen-bond acceptors (Lipinski definition) is 6. The number of rotatable bonds is 5. The minimum atomic E-state index is -0.707. The van der Waals surface area contributed by atoms with Crippen molar-refractivity contribution in [2.24, 2.45) is 0 Å². The average Bonchev–Trinajstić information content (AvgIpc) is 2.66. The van der Waals surface area contributed by atoms with E-state index in [0.717, 1.165) is 16.7 Å². The number of hydrogen-bond donors (Lipinski definition) is 1. The molecule has 1 heterocycles. The molecule has 2 aromatic carbocycles. The molecule has 1 N–H and O–H groups in total. The lowest BCUT2D eigenvalue weighted by atomic mass is 9.87. The molecule has 0 amide bonds. The molecule has 0 fully saturated rings. The largest absolute Gasteiger partial charge is 0.493 e. The van der Waals surface area contributed by atoms with Gasteiger partial charge in [-0.2, -0.15) is 0 Å². The lowest BCUT2D eigenvalue weighted by Crippen LogP contribution is -2.34. The third-order valence-electron chi connectivity index (χ3n) is 4.91. The quantitative estimate of drug-likeness (QED) is 0.886. The number of benzene rings is 2. The predicted molar refractivity (Wildman–Crippen MR) is 98.3 cm³/mol. The summed E-state index contributed by atoms with van der Waals surface area (Å²) in [6.07, 6.45) is -0.707. The van der Waals surface area contributed by atoms with Crippen molar-refractivity contribution >= 4 is 0 Å². The maximum Gasteiger partial charge on any atom is 0.161 e. The van der Waals surface area contributed by atoms with Crippen molar-refractivity contribution < 1.29 is 24.1 Å². The molecule has 6 heteroatoms. The molecule has 0 spiro atoms. The van der Waals surface area contributed by atoms with E-state index in [0.29, 0.717) is 29.5 Å². The Hall–Kier alpha value is -2.44. The number of fused-ring (bicyclic) bond motifs is 1. The number of ether oxygens (including phenoxy) is 4. The molecule has 0 unspecified atom stereocenters. The summed E-state index contributed by atoms with van der Waals surface area (Å²) in [5.74, 6) is 2.58. The molecule has 1 aliphatic heterocycles. The van der Waals surface area contributed by atoms with Crippen LogP contribution in [-0.2, 0) is 6.54 Å². The Morgan fingerprint density at radius 3 is 2.04 bits per heavy atom. The second kappa shape index (κ2) is 7.43. The van der Waals surface area contributed by atoms with Gasteiger partial charge in [0, 0.05) is 6.54 Å². The molecule has 0 saturated carbocycles. The van der Waals surface area contributed by atoms with Crippen LogP contribution in [0.4, 0.5) is 0 Å². The summed E-state index contributed by atoms with van der Waals surface area (Å²) in [6, 6.07) is 9.31. The van der Waals surface area contributed by atoms with E-state index in [-0.39, 0.29) is 6.04 Å². The van der Waals surface area contributed by atoms with E-state index in [1.54, 1.807) is 28.4 Å². The summed E-state index contributed by atoms with van der Waals surface area (Å²) in [4.78, 5) is 2.11. The predicted octanol–water partition coefficient (Wildman–Crippen LogP) is 2.94. The Morgan fingerprint density at radius 1 is 0.846 bits per heavy atom. The van der Waals surface area contributed by atoms with E-state index in [4.69, 9.17) is 18.9 Å². The number of methoxy groups -OCH3 is 4. The third-order valence-corrected chi connectivity index (χ3v) is 4.91. The van der Waals surface area contributed by atoms with Gasteiger partial charge >= 0.3 is 0 Å². The van der Waals surface area contributed by atoms with Crippen molar-refractivity contribution in [3.8, 4) is 23.0 Å². The van der Waals surface area contributed by atoms with Crippen LogP contribution in [0.1, 0.15) is 28.8 Å². The SMILES string of the molecule is COc1ccc([C@@H]2[C@@H](O)c3cc(OC)c(OC)cc3CN2C)cc1OC. The van der Waals surface area contributed by atoms with Crippen molar-refractivity contribution in [3.63, 3.8) is 0 Å². The first kappa shape index (κ1) is 18.4. The minimum Gasteiger partial charge on any atom is -0.493 e. The normalized spacial score (nSPS) is 19.6. The molecule has 2 atom stereocenters. The van der Waals surface area contributed by atoms with E-state index in [1.807, 2.05) is 37.4 Å². The van der Waals surface area contributed by atoms with Crippen LogP contribution in [0.5, 0.6) is 23.0 Å². The molecule has 3 rings (SSSR count). The first-order valence-corrected chi connectivity index (χ1v) is 8.39. The summed E-state index contributed by atoms with van der Waals surface area (Å²) in [7, 11) is 8.41. The van der Waals surface area contributed by atoms with Gasteiger partial charge in [0.05, 0.1) is 40.6 Å². The Balaban J connectivity index is 2.04. The Kier molecular flexibility index (Phi) is 5.25. The Labute approximate surface area is 153 Å². The smallest absolute Gasteiger partial charge is 0.161 e. The highest BCUT2D eigenvalue weighted by atomic mass is 16.5. The first-order chi connectivity index (χ1) is 12.5. The van der Waals surface area contributed by atoms with E-state index in [2.05, 4.69) is 4.90 Å². The highest BCUT2D eigenvalue weighted by Gasteiger charge is 2.34. The summed E-state index contributed by atoms with van der Waals surface area (Å²) < 4.78 is 21.5. The first-order valence-electron chi connectivity index (χ1n) is 8.39. The van der Waals surface area contributed by atoms with E-state index >= 15 is 0 Å². The summed E-state index contributed by atoms with van der Waals surface area (Å²) >= 11 is 0. The lowest BCUT2D eigenvalue weighted by molar-refractivity contribution is 0.0420. The molecule has 6 nitrogen and oxygen atoms in total. The van der Waals surface area contributed by atoms with Gasteiger partial charge in [0.15, 0.2) is 23.0 Å². The molecule has 2 aromatic rings. The Morgan fingerprint density at radius 2 is 1.42 bits per heavy atom. The summed E-state index contributed by atoms with van der Waals surface area (Å²) in [5, 5.41) is 11.1. The van der Waals surface area contributed by atoms with Crippen LogP contribution in [0.15, 0.2) is 30.3 Å². The van der Waals surface area contributed by atoms with Crippen LogP contribution in [0, 0.1) is 0 Å². The van der Waals surface area contributed by atoms with E-state index < -0.39 is 6.10 Å². The zero-order valence-corrected chi connectivity index (χ0v) is 15.8. The zero-order valence-electron chi connectivity index (χ0n) is 15.8. The van der Waals surface area contributed by atoms with Gasteiger partial charge in [-0.15, -0.1) is 0 Å². The third kappa shape index (κ3) is 3.06. The van der Waals surface area contributed by atoms with E-state index in [9.17, 15) is 5.11 Å². The van der Waals surface area contributed by atoms with Crippen LogP contribution in [0.25, 0.3) is 0 Å². The fourth-order valence-corrected chi connectivity index (χ4v) is 3.60. The maximum absolute atomic E-state index is 11.1. The fraction of sp³-hybridized carbons (Fsp3) is 0.400. The van der Waals surface area contributed by atoms with Crippen LogP contribution in [0.3, 0.4) is 0 Å². The van der Waals surface area contributed by atoms with Crippen molar-refractivity contribution in [2.45, 2.75) is 18.7 Å². The zero-order chi connectivity index (χ0) is 18.8. The number of aliphatic hydroxyl groups is 1. The molecule has 0 aromatic heterocycles. The van der Waals surface area contributed by atoms with Gasteiger partial charge in [-0.05, 0) is 48.0 Å². The van der Waals surface area contributed by atoms with Crippen LogP contribution < -0.4 is 18.9 Å². The topological polar surface area (TPSA) is 60.4 Å². The van der Waals surface area contributed by atoms with Crippen LogP contribution >= 0.6 is 0 Å². The second-order valence-corrected chi connectivity index (χ2v) is 6.33. The van der Waals surface area contributed by atoms with Crippen LogP contribution in [0.2, 0.25) is 0 Å². The van der Waals surface area contributed by atoms with Gasteiger partial charge in [-0.3, -0.25) is 4.90 Å². The monoisotopic (exact) mass is 359 g/mol. The van der Waals surface area contributed by atoms with E-state index in [1.165, 1.54) is 0 Å². The molecule has 0 radical (unpaired) electrons. The minimum absolute atomic E-state index is 0.208. The number of nitrogens with zero attached hydrogens (tertiary/aromatic N) is 1. The molecule has 0 bridgehead atoms. The van der Waals surface area contributed by atoms with Crippen molar-refractivity contribution in [1.29, 1.82) is 0 Å². The van der Waals surface area contributed by atoms with Crippen molar-refractivity contribution in [2.75, 3.05) is 35.5 Å². The summed E-state index contributed by atoms with van der Waals surface area (Å²) in [5.41, 5.74) is 2.83. The maximum atomic E-state index is 11.1. The van der Waals surface area contributed by atoms with Gasteiger partial charge < -0.3 is 24.1 Å². The van der Waals surface area contributed by atoms with Gasteiger partial charge in [0.2, 0.25) is 0 Å². The number of aliphatic hydroxyl groups excluding tert-OH is 1. The molecular formula is C20H25NO5. The van der Waals surface area contributed by atoms with Gasteiger partial charge in [0.25, 0.3) is 0 Å². The molecule has 0 aliphatic carbocycles. The molecule has 26 heavy (non-hydrogen) atoms. The van der Waals surface area contributed by atoms with Crippen molar-refractivity contribution in [1.82, 2.24) is 4.90 Å². The van der Waals surface area contributed by atoms with Crippen LogP contribution in [-0.4, -0.2) is 45.5 Å². The molecule has 140 valence electrons. The molecule has 0 saturated heterocycles. The highest BCUT2D eigenvalue weighted by Crippen LogP contribution is 2.45. The summed E-state index contributed by atoms with van der Waals surface area (Å²) in [6.45, 7) is 0.686. The highest BCUT2D eigenvalue weighted by molar-refractivity contribution is 5.51. The standard InChI is InChI=1S/C20H25NO5/c1-21-11-13-9-17(25-4)18(26-5)10-14(13)20(22)19(21)12-6-7-15(23-2)16(8-12)24-3/h6-10,19-20,22H,11H2,1-5H3/t19-,20+/m1/s1. The van der Waals surface area contributed by atoms with Gasteiger partial charge in [-0.1, -0.05) is 6.07 Å². The number of likely N-dealkylation sites (N-methyl/N-ethyl adjacent to an activating group) is 1. The fourth-order valence-electron chi connectivity index (χ4n) is 3.60. The van der Waals surface area contributed by atoms with Crippen molar-refractivity contribution in [3.05, 3.63) is 47.0 Å². The van der Waals surface area contributed by atoms with Gasteiger partial charge in [0.1, 0.15) is 0 Å². The Bertz CT molecular complexity index is 792. The molecule has 1 aliphatic rings. The lowest BCUT2D eigenvalue weighted by Gasteiger charge is -2.38.